The molecule has 0 radical (unpaired) electrons. The number of tetrazole rings is 1. The molecule has 138 valence electrons. The van der Waals surface area contributed by atoms with Gasteiger partial charge >= 0.3 is 0 Å². The summed E-state index contributed by atoms with van der Waals surface area (Å²) in [4.78, 5) is 24.3. The Morgan fingerprint density at radius 3 is 2.81 bits per heavy atom. The predicted octanol–water partition coefficient (Wildman–Crippen LogP) is 2.38. The van der Waals surface area contributed by atoms with Crippen molar-refractivity contribution in [2.45, 2.75) is 49.1 Å². The topological polar surface area (TPSA) is 102 Å². The van der Waals surface area contributed by atoms with Crippen molar-refractivity contribution in [3.05, 3.63) is 34.9 Å². The minimum absolute atomic E-state index is 0.297. The Morgan fingerprint density at radius 2 is 2.08 bits per heavy atom. The van der Waals surface area contributed by atoms with Crippen molar-refractivity contribution in [1.82, 2.24) is 31.1 Å². The number of hydrogen-bond donors (Lipinski definition) is 2. The molecule has 2 amide bonds. The second-order valence-electron chi connectivity index (χ2n) is 6.06. The molecule has 1 aliphatic carbocycles. The lowest BCUT2D eigenvalue weighted by Gasteiger charge is -2.14. The van der Waals surface area contributed by atoms with E-state index in [0.29, 0.717) is 21.8 Å². The minimum Gasteiger partial charge on any atom is -0.272 e. The molecule has 1 atom stereocenters. The van der Waals surface area contributed by atoms with Crippen LogP contribution in [-0.4, -0.2) is 37.3 Å². The molecular formula is C16H19ClN6O2S. The van der Waals surface area contributed by atoms with E-state index in [4.69, 9.17) is 11.6 Å². The highest BCUT2D eigenvalue weighted by atomic mass is 35.5. The Morgan fingerprint density at radius 1 is 1.31 bits per heavy atom. The zero-order valence-corrected chi connectivity index (χ0v) is 15.8. The van der Waals surface area contributed by atoms with Crippen LogP contribution >= 0.6 is 23.4 Å². The van der Waals surface area contributed by atoms with Gasteiger partial charge in [-0.3, -0.25) is 20.4 Å². The van der Waals surface area contributed by atoms with Gasteiger partial charge < -0.3 is 0 Å². The number of nitrogens with one attached hydrogen (secondary N) is 2. The maximum atomic E-state index is 12.3. The molecule has 1 aromatic heterocycles. The van der Waals surface area contributed by atoms with Gasteiger partial charge in [0.2, 0.25) is 5.16 Å². The number of benzene rings is 1. The maximum Gasteiger partial charge on any atom is 0.269 e. The molecular weight excluding hydrogens is 376 g/mol. The van der Waals surface area contributed by atoms with Crippen LogP contribution in [0.4, 0.5) is 0 Å². The number of carbonyl (C=O) groups excluding carboxylic acids is 2. The lowest BCUT2D eigenvalue weighted by atomic mass is 10.2. The van der Waals surface area contributed by atoms with Crippen LogP contribution in [0, 0.1) is 0 Å². The number of hydrogen-bond acceptors (Lipinski definition) is 6. The Bertz CT molecular complexity index is 793. The van der Waals surface area contributed by atoms with E-state index in [1.807, 2.05) is 0 Å². The first kappa shape index (κ1) is 18.7. The Balaban J connectivity index is 1.54. The summed E-state index contributed by atoms with van der Waals surface area (Å²) in [6.07, 6.45) is 4.43. The standard InChI is InChI=1S/C16H19ClN6O2S/c1-10(26-16-20-21-22-23(16)13-7-2-3-8-13)14(24)18-19-15(25)11-5-4-6-12(17)9-11/h4-6,9-10,13H,2-3,7-8H2,1H3,(H,18,24)(H,19,25). The number of hydrazine groups is 1. The summed E-state index contributed by atoms with van der Waals surface area (Å²) < 4.78 is 1.80. The zero-order chi connectivity index (χ0) is 18.5. The molecule has 10 heteroatoms. The molecule has 1 aliphatic rings. The molecule has 3 rings (SSSR count). The molecule has 1 fully saturated rings. The summed E-state index contributed by atoms with van der Waals surface area (Å²) in [5.74, 6) is -0.778. The van der Waals surface area contributed by atoms with Crippen molar-refractivity contribution in [1.29, 1.82) is 0 Å². The molecule has 26 heavy (non-hydrogen) atoms. The summed E-state index contributed by atoms with van der Waals surface area (Å²) in [5.41, 5.74) is 5.17. The van der Waals surface area contributed by atoms with E-state index in [9.17, 15) is 9.59 Å². The molecule has 2 N–H and O–H groups in total. The van der Waals surface area contributed by atoms with Crippen LogP contribution in [-0.2, 0) is 4.79 Å². The maximum absolute atomic E-state index is 12.3. The highest BCUT2D eigenvalue weighted by Gasteiger charge is 2.24. The van der Waals surface area contributed by atoms with Gasteiger partial charge in [-0.15, -0.1) is 5.10 Å². The average molecular weight is 395 g/mol. The van der Waals surface area contributed by atoms with Crippen LogP contribution in [0.15, 0.2) is 29.4 Å². The highest BCUT2D eigenvalue weighted by Crippen LogP contribution is 2.32. The van der Waals surface area contributed by atoms with Crippen LogP contribution in [0.3, 0.4) is 0 Å². The second kappa shape index (κ2) is 8.50. The van der Waals surface area contributed by atoms with Crippen molar-refractivity contribution < 1.29 is 9.59 Å². The Kier molecular flexibility index (Phi) is 6.10. The molecule has 0 aliphatic heterocycles. The molecule has 0 spiro atoms. The van der Waals surface area contributed by atoms with Crippen LogP contribution in [0.1, 0.15) is 49.0 Å². The summed E-state index contributed by atoms with van der Waals surface area (Å²) in [7, 11) is 0. The van der Waals surface area contributed by atoms with Crippen molar-refractivity contribution >= 4 is 35.2 Å². The molecule has 2 aromatic rings. The molecule has 0 saturated heterocycles. The van der Waals surface area contributed by atoms with Gasteiger partial charge in [0.05, 0.1) is 11.3 Å². The van der Waals surface area contributed by atoms with E-state index in [0.717, 1.165) is 12.8 Å². The summed E-state index contributed by atoms with van der Waals surface area (Å²) in [6.45, 7) is 1.74. The number of halogens is 1. The molecule has 1 heterocycles. The minimum atomic E-state index is -0.471. The molecule has 1 saturated carbocycles. The van der Waals surface area contributed by atoms with Gasteiger partial charge in [0.15, 0.2) is 0 Å². The molecule has 8 nitrogen and oxygen atoms in total. The van der Waals surface area contributed by atoms with E-state index in [1.54, 1.807) is 29.8 Å². The smallest absolute Gasteiger partial charge is 0.269 e. The van der Waals surface area contributed by atoms with Crippen LogP contribution in [0.5, 0.6) is 0 Å². The van der Waals surface area contributed by atoms with Crippen molar-refractivity contribution in [2.24, 2.45) is 0 Å². The zero-order valence-electron chi connectivity index (χ0n) is 14.2. The number of nitrogens with zero attached hydrogens (tertiary/aromatic N) is 4. The normalized spacial score (nSPS) is 15.6. The number of aromatic nitrogens is 4. The first-order valence-electron chi connectivity index (χ1n) is 8.35. The number of amides is 2. The van der Waals surface area contributed by atoms with Gasteiger partial charge in [0.25, 0.3) is 11.8 Å². The fourth-order valence-electron chi connectivity index (χ4n) is 2.77. The van der Waals surface area contributed by atoms with E-state index in [-0.39, 0.29) is 5.91 Å². The first-order chi connectivity index (χ1) is 12.5. The fourth-order valence-corrected chi connectivity index (χ4v) is 3.82. The van der Waals surface area contributed by atoms with Gasteiger partial charge in [0.1, 0.15) is 0 Å². The Hall–Kier alpha value is -2.13. The van der Waals surface area contributed by atoms with Gasteiger partial charge in [-0.25, -0.2) is 4.68 Å². The van der Waals surface area contributed by atoms with Crippen LogP contribution in [0.2, 0.25) is 5.02 Å². The molecule has 0 bridgehead atoms. The quantitative estimate of drug-likeness (QED) is 0.596. The summed E-state index contributed by atoms with van der Waals surface area (Å²) in [6, 6.07) is 6.77. The molecule has 1 unspecified atom stereocenters. The van der Waals surface area contributed by atoms with Crippen LogP contribution in [0.25, 0.3) is 0 Å². The third-order valence-corrected chi connectivity index (χ3v) is 5.45. The summed E-state index contributed by atoms with van der Waals surface area (Å²) >= 11 is 7.12. The van der Waals surface area contributed by atoms with E-state index in [2.05, 4.69) is 26.4 Å². The monoisotopic (exact) mass is 394 g/mol. The number of carbonyl (C=O) groups is 2. The number of rotatable bonds is 5. The fraction of sp³-hybridized carbons (Fsp3) is 0.438. The van der Waals surface area contributed by atoms with Gasteiger partial charge in [-0.1, -0.05) is 42.3 Å². The first-order valence-corrected chi connectivity index (χ1v) is 9.60. The van der Waals surface area contributed by atoms with Crippen molar-refractivity contribution in [3.8, 4) is 0 Å². The Labute approximate surface area is 160 Å². The summed E-state index contributed by atoms with van der Waals surface area (Å²) in [5, 5.41) is 12.4. The highest BCUT2D eigenvalue weighted by molar-refractivity contribution is 8.00. The third-order valence-electron chi connectivity index (χ3n) is 4.17. The number of thioether (sulfide) groups is 1. The van der Waals surface area contributed by atoms with E-state index in [1.165, 1.54) is 30.7 Å². The lowest BCUT2D eigenvalue weighted by molar-refractivity contribution is -0.121. The van der Waals surface area contributed by atoms with Crippen molar-refractivity contribution in [2.75, 3.05) is 0 Å². The predicted molar refractivity (Wildman–Crippen MR) is 97.7 cm³/mol. The van der Waals surface area contributed by atoms with Crippen LogP contribution < -0.4 is 10.9 Å². The van der Waals surface area contributed by atoms with Crippen molar-refractivity contribution in [3.63, 3.8) is 0 Å². The second-order valence-corrected chi connectivity index (χ2v) is 7.80. The van der Waals surface area contributed by atoms with Gasteiger partial charge in [0, 0.05) is 10.6 Å². The van der Waals surface area contributed by atoms with Gasteiger partial charge in [-0.2, -0.15) is 0 Å². The van der Waals surface area contributed by atoms with E-state index >= 15 is 0 Å². The van der Waals surface area contributed by atoms with E-state index < -0.39 is 11.2 Å². The lowest BCUT2D eigenvalue weighted by Crippen LogP contribution is -2.45. The SMILES string of the molecule is CC(Sc1nnnn1C1CCCC1)C(=O)NNC(=O)c1cccc(Cl)c1. The average Bonchev–Trinajstić information content (AvgIpc) is 3.30. The van der Waals surface area contributed by atoms with Gasteiger partial charge in [-0.05, 0) is 48.4 Å². The third kappa shape index (κ3) is 4.53. The largest absolute Gasteiger partial charge is 0.272 e. The molecule has 1 aromatic carbocycles.